The number of methoxy groups -OCH3 is 2. The maximum absolute atomic E-state index is 14.0. The van der Waals surface area contributed by atoms with Crippen LogP contribution in [-0.2, 0) is 0 Å². The van der Waals surface area contributed by atoms with Crippen molar-refractivity contribution < 1.29 is 13.9 Å². The number of ether oxygens (including phenoxy) is 2. The van der Waals surface area contributed by atoms with Crippen LogP contribution in [0.15, 0.2) is 40.9 Å². The van der Waals surface area contributed by atoms with Gasteiger partial charge in [0.2, 0.25) is 0 Å². The lowest BCUT2D eigenvalue weighted by Crippen LogP contribution is -1.93. The van der Waals surface area contributed by atoms with Gasteiger partial charge in [-0.25, -0.2) is 4.39 Å². The van der Waals surface area contributed by atoms with Gasteiger partial charge in [0.25, 0.3) is 0 Å². The molecule has 0 amide bonds. The first-order chi connectivity index (χ1) is 8.67. The van der Waals surface area contributed by atoms with Crippen LogP contribution in [0.5, 0.6) is 11.5 Å². The molecule has 2 aromatic rings. The summed E-state index contributed by atoms with van der Waals surface area (Å²) in [6, 6.07) is 10.1. The molecule has 4 heteroatoms. The summed E-state index contributed by atoms with van der Waals surface area (Å²) in [5, 5.41) is 0. The lowest BCUT2D eigenvalue weighted by Gasteiger charge is -2.12. The molecule has 0 atom stereocenters. The number of benzene rings is 2. The molecule has 2 aromatic carbocycles. The molecule has 0 radical (unpaired) electrons. The number of hydrogen-bond acceptors (Lipinski definition) is 2. The number of rotatable bonds is 3. The van der Waals surface area contributed by atoms with E-state index >= 15 is 0 Å². The summed E-state index contributed by atoms with van der Waals surface area (Å²) in [7, 11) is 3.13. The van der Waals surface area contributed by atoms with E-state index in [1.165, 1.54) is 6.07 Å². The van der Waals surface area contributed by atoms with Crippen LogP contribution < -0.4 is 9.47 Å². The Labute approximate surface area is 113 Å². The maximum atomic E-state index is 14.0. The van der Waals surface area contributed by atoms with Crippen molar-refractivity contribution in [3.63, 3.8) is 0 Å². The van der Waals surface area contributed by atoms with Gasteiger partial charge in [0, 0.05) is 15.6 Å². The molecular formula is C14H12BrFO2. The van der Waals surface area contributed by atoms with Crippen LogP contribution in [0.2, 0.25) is 0 Å². The Morgan fingerprint density at radius 3 is 2.44 bits per heavy atom. The third-order valence-corrected chi connectivity index (χ3v) is 3.30. The molecule has 94 valence electrons. The summed E-state index contributed by atoms with van der Waals surface area (Å²) in [6.07, 6.45) is 0. The van der Waals surface area contributed by atoms with Crippen LogP contribution in [0.25, 0.3) is 11.1 Å². The van der Waals surface area contributed by atoms with Crippen LogP contribution in [-0.4, -0.2) is 14.2 Å². The van der Waals surface area contributed by atoms with E-state index in [-0.39, 0.29) is 5.82 Å². The Hall–Kier alpha value is -1.55. The Morgan fingerprint density at radius 2 is 1.83 bits per heavy atom. The first kappa shape index (κ1) is 12.9. The largest absolute Gasteiger partial charge is 0.497 e. The van der Waals surface area contributed by atoms with E-state index in [0.29, 0.717) is 27.1 Å². The third kappa shape index (κ3) is 2.34. The molecule has 0 aliphatic rings. The normalized spacial score (nSPS) is 10.2. The van der Waals surface area contributed by atoms with Crippen molar-refractivity contribution in [2.75, 3.05) is 14.2 Å². The van der Waals surface area contributed by atoms with E-state index in [1.54, 1.807) is 44.6 Å². The van der Waals surface area contributed by atoms with Gasteiger partial charge in [-0.2, -0.15) is 0 Å². The predicted octanol–water partition coefficient (Wildman–Crippen LogP) is 4.27. The molecule has 0 fully saturated rings. The summed E-state index contributed by atoms with van der Waals surface area (Å²) in [4.78, 5) is 0. The Morgan fingerprint density at radius 1 is 1.06 bits per heavy atom. The summed E-state index contributed by atoms with van der Waals surface area (Å²) < 4.78 is 25.1. The zero-order valence-electron chi connectivity index (χ0n) is 10.0. The SMILES string of the molecule is COc1ccc(OC)c(-c2c(F)cccc2Br)c1. The van der Waals surface area contributed by atoms with Gasteiger partial charge in [-0.1, -0.05) is 22.0 Å². The van der Waals surface area contributed by atoms with E-state index in [0.717, 1.165) is 0 Å². The average molecular weight is 311 g/mol. The highest BCUT2D eigenvalue weighted by molar-refractivity contribution is 9.10. The van der Waals surface area contributed by atoms with Crippen molar-refractivity contribution in [2.45, 2.75) is 0 Å². The summed E-state index contributed by atoms with van der Waals surface area (Å²) >= 11 is 3.36. The highest BCUT2D eigenvalue weighted by Crippen LogP contribution is 2.38. The molecule has 2 rings (SSSR count). The summed E-state index contributed by atoms with van der Waals surface area (Å²) in [6.45, 7) is 0. The van der Waals surface area contributed by atoms with Gasteiger partial charge in [0.1, 0.15) is 17.3 Å². The van der Waals surface area contributed by atoms with Crippen LogP contribution in [0.4, 0.5) is 4.39 Å². The maximum Gasteiger partial charge on any atom is 0.132 e. The van der Waals surface area contributed by atoms with E-state index < -0.39 is 0 Å². The molecular weight excluding hydrogens is 299 g/mol. The minimum atomic E-state index is -0.309. The second-order valence-electron chi connectivity index (χ2n) is 3.66. The Bertz CT molecular complexity index is 549. The highest BCUT2D eigenvalue weighted by Gasteiger charge is 2.14. The number of halogens is 2. The molecule has 0 saturated heterocycles. The van der Waals surface area contributed by atoms with Gasteiger partial charge < -0.3 is 9.47 Å². The molecule has 0 heterocycles. The topological polar surface area (TPSA) is 18.5 Å². The van der Waals surface area contributed by atoms with E-state index in [2.05, 4.69) is 15.9 Å². The molecule has 0 spiro atoms. The molecule has 0 saturated carbocycles. The fourth-order valence-corrected chi connectivity index (χ4v) is 2.32. The molecule has 0 unspecified atom stereocenters. The van der Waals surface area contributed by atoms with E-state index in [9.17, 15) is 4.39 Å². The second kappa shape index (κ2) is 5.40. The smallest absolute Gasteiger partial charge is 0.132 e. The zero-order chi connectivity index (χ0) is 13.1. The summed E-state index contributed by atoms with van der Waals surface area (Å²) in [5.74, 6) is 0.943. The first-order valence-corrected chi connectivity index (χ1v) is 6.13. The third-order valence-electron chi connectivity index (χ3n) is 2.64. The first-order valence-electron chi connectivity index (χ1n) is 5.33. The van der Waals surface area contributed by atoms with Gasteiger partial charge in [-0.15, -0.1) is 0 Å². The monoisotopic (exact) mass is 310 g/mol. The van der Waals surface area contributed by atoms with Crippen molar-refractivity contribution >= 4 is 15.9 Å². The van der Waals surface area contributed by atoms with Crippen molar-refractivity contribution in [3.05, 3.63) is 46.7 Å². The summed E-state index contributed by atoms with van der Waals surface area (Å²) in [5.41, 5.74) is 1.12. The van der Waals surface area contributed by atoms with Crippen molar-refractivity contribution in [1.29, 1.82) is 0 Å². The van der Waals surface area contributed by atoms with Crippen molar-refractivity contribution in [2.24, 2.45) is 0 Å². The van der Waals surface area contributed by atoms with Gasteiger partial charge in [0.05, 0.1) is 14.2 Å². The molecule has 0 bridgehead atoms. The van der Waals surface area contributed by atoms with E-state index in [1.807, 2.05) is 0 Å². The zero-order valence-corrected chi connectivity index (χ0v) is 11.6. The fourth-order valence-electron chi connectivity index (χ4n) is 1.76. The average Bonchev–Trinajstić information content (AvgIpc) is 2.38. The molecule has 0 aliphatic carbocycles. The van der Waals surface area contributed by atoms with Crippen molar-refractivity contribution in [3.8, 4) is 22.6 Å². The molecule has 0 aliphatic heterocycles. The molecule has 0 aromatic heterocycles. The highest BCUT2D eigenvalue weighted by atomic mass is 79.9. The Kier molecular flexibility index (Phi) is 3.87. The van der Waals surface area contributed by atoms with E-state index in [4.69, 9.17) is 9.47 Å². The van der Waals surface area contributed by atoms with Crippen molar-refractivity contribution in [1.82, 2.24) is 0 Å². The standard InChI is InChI=1S/C14H12BrFO2/c1-17-9-6-7-13(18-2)10(8-9)14-11(15)4-3-5-12(14)16/h3-8H,1-2H3. The lowest BCUT2D eigenvalue weighted by atomic mass is 10.0. The number of hydrogen-bond donors (Lipinski definition) is 0. The second-order valence-corrected chi connectivity index (χ2v) is 4.52. The van der Waals surface area contributed by atoms with Crippen LogP contribution in [0.3, 0.4) is 0 Å². The quantitative estimate of drug-likeness (QED) is 0.842. The van der Waals surface area contributed by atoms with Gasteiger partial charge >= 0.3 is 0 Å². The van der Waals surface area contributed by atoms with Crippen LogP contribution in [0.1, 0.15) is 0 Å². The minimum Gasteiger partial charge on any atom is -0.497 e. The molecule has 18 heavy (non-hydrogen) atoms. The molecule has 0 N–H and O–H groups in total. The fraction of sp³-hybridized carbons (Fsp3) is 0.143. The van der Waals surface area contributed by atoms with Gasteiger partial charge in [-0.3, -0.25) is 0 Å². The van der Waals surface area contributed by atoms with Crippen LogP contribution in [0, 0.1) is 5.82 Å². The lowest BCUT2D eigenvalue weighted by molar-refractivity contribution is 0.404. The van der Waals surface area contributed by atoms with Crippen LogP contribution >= 0.6 is 15.9 Å². The minimum absolute atomic E-state index is 0.309. The van der Waals surface area contributed by atoms with Gasteiger partial charge in [-0.05, 0) is 30.3 Å². The molecule has 2 nitrogen and oxygen atoms in total. The Balaban J connectivity index is 2.68. The van der Waals surface area contributed by atoms with Gasteiger partial charge in [0.15, 0.2) is 0 Å². The predicted molar refractivity (Wildman–Crippen MR) is 72.6 cm³/mol.